The van der Waals surface area contributed by atoms with Crippen LogP contribution >= 0.6 is 0 Å². The second-order valence-corrected chi connectivity index (χ2v) is 6.90. The van der Waals surface area contributed by atoms with Crippen molar-refractivity contribution in [2.75, 3.05) is 10.6 Å². The number of hydrogen-bond acceptors (Lipinski definition) is 6. The lowest BCUT2D eigenvalue weighted by Crippen LogP contribution is -2.24. The first kappa shape index (κ1) is 20.1. The van der Waals surface area contributed by atoms with Crippen molar-refractivity contribution >= 4 is 34.3 Å². The first-order valence-electron chi connectivity index (χ1n) is 9.64. The molecule has 0 saturated carbocycles. The third-order valence-corrected chi connectivity index (χ3v) is 4.79. The van der Waals surface area contributed by atoms with Gasteiger partial charge in [-0.3, -0.25) is 14.2 Å². The van der Waals surface area contributed by atoms with Gasteiger partial charge in [0.15, 0.2) is 5.58 Å². The Morgan fingerprint density at radius 2 is 1.77 bits per heavy atom. The molecular formula is C21H20N6O4. The topological polar surface area (TPSA) is 124 Å². The number of carbonyl (C=O) groups excluding carboxylic acids is 2. The SMILES string of the molecule is CC(C(=O)Nc1ccc(NC(=O)CCn2c(=O)oc3ccccc32)cc1)n1cncn1. The molecule has 4 aromatic rings. The Labute approximate surface area is 176 Å². The first-order chi connectivity index (χ1) is 15.0. The molecule has 1 unspecified atom stereocenters. The molecule has 158 valence electrons. The Hall–Kier alpha value is -4.21. The summed E-state index contributed by atoms with van der Waals surface area (Å²) in [6.45, 7) is 1.92. The van der Waals surface area contributed by atoms with E-state index < -0.39 is 11.8 Å². The summed E-state index contributed by atoms with van der Waals surface area (Å²) in [6, 6.07) is 13.3. The number of carbonyl (C=O) groups is 2. The van der Waals surface area contributed by atoms with Crippen molar-refractivity contribution in [1.82, 2.24) is 19.3 Å². The Balaban J connectivity index is 1.32. The van der Waals surface area contributed by atoms with Gasteiger partial charge in [0, 0.05) is 24.3 Å². The van der Waals surface area contributed by atoms with Crippen LogP contribution in [0.2, 0.25) is 0 Å². The van der Waals surface area contributed by atoms with Crippen LogP contribution in [0.1, 0.15) is 19.4 Å². The van der Waals surface area contributed by atoms with Crippen LogP contribution in [-0.2, 0) is 16.1 Å². The maximum atomic E-state index is 12.3. The van der Waals surface area contributed by atoms with E-state index in [4.69, 9.17) is 4.42 Å². The monoisotopic (exact) mass is 420 g/mol. The van der Waals surface area contributed by atoms with Gasteiger partial charge < -0.3 is 15.1 Å². The molecule has 2 amide bonds. The number of nitrogens with zero attached hydrogens (tertiary/aromatic N) is 4. The fourth-order valence-corrected chi connectivity index (χ4v) is 3.08. The number of rotatable bonds is 7. The van der Waals surface area contributed by atoms with Crippen LogP contribution in [0.15, 0.2) is 70.4 Å². The van der Waals surface area contributed by atoms with E-state index in [1.807, 2.05) is 0 Å². The number of hydrogen-bond donors (Lipinski definition) is 2. The molecule has 0 bridgehead atoms. The lowest BCUT2D eigenvalue weighted by molar-refractivity contribution is -0.119. The molecule has 2 aromatic carbocycles. The number of fused-ring (bicyclic) bond motifs is 1. The number of benzene rings is 2. The molecular weight excluding hydrogens is 400 g/mol. The Bertz CT molecular complexity index is 1260. The average molecular weight is 420 g/mol. The zero-order chi connectivity index (χ0) is 21.8. The summed E-state index contributed by atoms with van der Waals surface area (Å²) in [5, 5.41) is 9.52. The van der Waals surface area contributed by atoms with Crippen LogP contribution in [0.3, 0.4) is 0 Å². The van der Waals surface area contributed by atoms with E-state index in [1.54, 1.807) is 55.5 Å². The van der Waals surface area contributed by atoms with Crippen LogP contribution in [0, 0.1) is 0 Å². The predicted octanol–water partition coefficient (Wildman–Crippen LogP) is 2.41. The van der Waals surface area contributed by atoms with Crippen molar-refractivity contribution in [1.29, 1.82) is 0 Å². The molecule has 0 aliphatic heterocycles. The molecule has 2 aromatic heterocycles. The Kier molecular flexibility index (Phi) is 5.61. The van der Waals surface area contributed by atoms with Crippen molar-refractivity contribution in [2.24, 2.45) is 0 Å². The second-order valence-electron chi connectivity index (χ2n) is 6.90. The normalized spacial score (nSPS) is 11.9. The molecule has 4 rings (SSSR count). The van der Waals surface area contributed by atoms with Gasteiger partial charge >= 0.3 is 5.76 Å². The van der Waals surface area contributed by atoms with E-state index in [0.29, 0.717) is 22.5 Å². The third kappa shape index (κ3) is 4.53. The molecule has 0 fully saturated rings. The third-order valence-electron chi connectivity index (χ3n) is 4.79. The number of para-hydroxylation sites is 2. The molecule has 0 saturated heterocycles. The largest absolute Gasteiger partial charge is 0.419 e. The summed E-state index contributed by atoms with van der Waals surface area (Å²) >= 11 is 0. The summed E-state index contributed by atoms with van der Waals surface area (Å²) in [7, 11) is 0. The van der Waals surface area contributed by atoms with Crippen molar-refractivity contribution in [3.05, 3.63) is 71.7 Å². The number of anilines is 2. The van der Waals surface area contributed by atoms with Gasteiger partial charge in [0.2, 0.25) is 11.8 Å². The van der Waals surface area contributed by atoms with Crippen LogP contribution < -0.4 is 16.4 Å². The molecule has 2 heterocycles. The van der Waals surface area contributed by atoms with Gasteiger partial charge in [-0.25, -0.2) is 14.5 Å². The number of aromatic nitrogens is 4. The van der Waals surface area contributed by atoms with Crippen molar-refractivity contribution in [3.8, 4) is 0 Å². The summed E-state index contributed by atoms with van der Waals surface area (Å²) in [4.78, 5) is 40.4. The van der Waals surface area contributed by atoms with E-state index >= 15 is 0 Å². The van der Waals surface area contributed by atoms with Gasteiger partial charge in [0.25, 0.3) is 0 Å². The van der Waals surface area contributed by atoms with E-state index in [1.165, 1.54) is 21.9 Å². The lowest BCUT2D eigenvalue weighted by Gasteiger charge is -2.12. The van der Waals surface area contributed by atoms with Gasteiger partial charge in [-0.15, -0.1) is 0 Å². The predicted molar refractivity (Wildman–Crippen MR) is 114 cm³/mol. The highest BCUT2D eigenvalue weighted by Gasteiger charge is 2.15. The molecule has 31 heavy (non-hydrogen) atoms. The minimum Gasteiger partial charge on any atom is -0.408 e. The standard InChI is InChI=1S/C21H20N6O4/c1-14(27-13-22-12-23-27)20(29)25-16-8-6-15(7-9-16)24-19(28)10-11-26-17-4-2-3-5-18(17)31-21(26)30/h2-9,12-14H,10-11H2,1H3,(H,24,28)(H,25,29). The van der Waals surface area contributed by atoms with Crippen LogP contribution in [0.5, 0.6) is 0 Å². The van der Waals surface area contributed by atoms with E-state index in [2.05, 4.69) is 20.7 Å². The summed E-state index contributed by atoms with van der Waals surface area (Å²) < 4.78 is 8.06. The number of oxazole rings is 1. The summed E-state index contributed by atoms with van der Waals surface area (Å²) in [5.74, 6) is -0.969. The zero-order valence-corrected chi connectivity index (χ0v) is 16.7. The Morgan fingerprint density at radius 3 is 2.48 bits per heavy atom. The van der Waals surface area contributed by atoms with Crippen molar-refractivity contribution < 1.29 is 14.0 Å². The highest BCUT2D eigenvalue weighted by atomic mass is 16.4. The smallest absolute Gasteiger partial charge is 0.408 e. The minimum atomic E-state index is -0.510. The molecule has 10 heteroatoms. The fraction of sp³-hybridized carbons (Fsp3) is 0.190. The van der Waals surface area contributed by atoms with Crippen LogP contribution in [0.25, 0.3) is 11.1 Å². The zero-order valence-electron chi connectivity index (χ0n) is 16.7. The fourth-order valence-electron chi connectivity index (χ4n) is 3.08. The molecule has 1 atom stereocenters. The number of nitrogens with one attached hydrogen (secondary N) is 2. The van der Waals surface area contributed by atoms with Gasteiger partial charge in [0.05, 0.1) is 5.52 Å². The highest BCUT2D eigenvalue weighted by Crippen LogP contribution is 2.16. The van der Waals surface area contributed by atoms with Crippen LogP contribution in [-0.4, -0.2) is 31.1 Å². The first-order valence-corrected chi connectivity index (χ1v) is 9.64. The molecule has 0 radical (unpaired) electrons. The minimum absolute atomic E-state index is 0.108. The van der Waals surface area contributed by atoms with Gasteiger partial charge in [-0.05, 0) is 43.3 Å². The van der Waals surface area contributed by atoms with Crippen molar-refractivity contribution in [3.63, 3.8) is 0 Å². The quantitative estimate of drug-likeness (QED) is 0.473. The van der Waals surface area contributed by atoms with Crippen LogP contribution in [0.4, 0.5) is 11.4 Å². The lowest BCUT2D eigenvalue weighted by atomic mass is 10.2. The summed E-state index contributed by atoms with van der Waals surface area (Å²) in [5.41, 5.74) is 2.31. The highest BCUT2D eigenvalue weighted by molar-refractivity contribution is 5.94. The van der Waals surface area contributed by atoms with Gasteiger partial charge in [0.1, 0.15) is 18.7 Å². The number of amides is 2. The van der Waals surface area contributed by atoms with E-state index in [0.717, 1.165) is 0 Å². The van der Waals surface area contributed by atoms with Gasteiger partial charge in [-0.2, -0.15) is 5.10 Å². The molecule has 10 nitrogen and oxygen atoms in total. The summed E-state index contributed by atoms with van der Waals surface area (Å²) in [6.07, 6.45) is 2.95. The van der Waals surface area contributed by atoms with Gasteiger partial charge in [-0.1, -0.05) is 12.1 Å². The maximum Gasteiger partial charge on any atom is 0.419 e. The van der Waals surface area contributed by atoms with E-state index in [-0.39, 0.29) is 24.8 Å². The second kappa shape index (κ2) is 8.66. The molecule has 0 aliphatic rings. The Morgan fingerprint density at radius 1 is 1.06 bits per heavy atom. The number of aryl methyl sites for hydroxylation is 1. The maximum absolute atomic E-state index is 12.3. The average Bonchev–Trinajstić information content (AvgIpc) is 3.40. The van der Waals surface area contributed by atoms with Crippen molar-refractivity contribution in [2.45, 2.75) is 25.9 Å². The molecule has 0 spiro atoms. The molecule has 0 aliphatic carbocycles. The molecule has 2 N–H and O–H groups in total. The van der Waals surface area contributed by atoms with E-state index in [9.17, 15) is 14.4 Å².